The van der Waals surface area contributed by atoms with Crippen LogP contribution < -0.4 is 0 Å². The number of unbranched alkanes of at least 4 members (excludes halogenated alkanes) is 2. The highest BCUT2D eigenvalue weighted by atomic mass is 16.7. The molecule has 11 atom stereocenters. The molecule has 250 valence electrons. The molecule has 0 aromatic heterocycles. The molecule has 0 aromatic carbocycles. The van der Waals surface area contributed by atoms with Gasteiger partial charge in [0.1, 0.15) is 12.2 Å². The number of epoxide rings is 1. The van der Waals surface area contributed by atoms with E-state index in [-0.39, 0.29) is 12.0 Å². The average molecular weight is 637 g/mol. The van der Waals surface area contributed by atoms with Gasteiger partial charge in [0.25, 0.3) is 0 Å². The predicted molar refractivity (Wildman–Crippen MR) is 154 cm³/mol. The molecular weight excluding hydrogens is 592 g/mol. The van der Waals surface area contributed by atoms with Gasteiger partial charge in [0.2, 0.25) is 0 Å². The van der Waals surface area contributed by atoms with Crippen LogP contribution in [0.4, 0.5) is 0 Å². The van der Waals surface area contributed by atoms with E-state index in [0.29, 0.717) is 6.42 Å². The van der Waals surface area contributed by atoms with Crippen molar-refractivity contribution in [1.82, 2.24) is 0 Å². The van der Waals surface area contributed by atoms with Gasteiger partial charge in [0.05, 0.1) is 5.60 Å². The summed E-state index contributed by atoms with van der Waals surface area (Å²) in [4.78, 5) is 64.5. The van der Waals surface area contributed by atoms with E-state index in [2.05, 4.69) is 0 Å². The van der Waals surface area contributed by atoms with Gasteiger partial charge in [-0.3, -0.25) is 19.2 Å². The summed E-state index contributed by atoms with van der Waals surface area (Å²) in [5.74, 6) is -5.13. The van der Waals surface area contributed by atoms with Crippen LogP contribution >= 0.6 is 0 Å². The van der Waals surface area contributed by atoms with E-state index in [1.165, 1.54) is 32.1 Å². The molecule has 0 aromatic rings. The molecule has 0 bridgehead atoms. The van der Waals surface area contributed by atoms with Crippen LogP contribution in [-0.2, 0) is 52.4 Å². The average Bonchev–Trinajstić information content (AvgIpc) is 3.51. The number of carbonyl (C=O) groups excluding carboxylic acids is 5. The second kappa shape index (κ2) is 12.1. The van der Waals surface area contributed by atoms with Crippen LogP contribution in [0, 0.1) is 11.3 Å². The van der Waals surface area contributed by atoms with Crippen LogP contribution in [0.3, 0.4) is 0 Å². The fourth-order valence-electron chi connectivity index (χ4n) is 7.38. The lowest BCUT2D eigenvalue weighted by Crippen LogP contribution is -2.69. The monoisotopic (exact) mass is 636 g/mol. The third-order valence-corrected chi connectivity index (χ3v) is 9.59. The topological polar surface area (TPSA) is 184 Å². The molecule has 2 aliphatic carbocycles. The lowest BCUT2D eigenvalue weighted by Gasteiger charge is -2.55. The lowest BCUT2D eigenvalue weighted by atomic mass is 9.55. The zero-order chi connectivity index (χ0) is 33.7. The summed E-state index contributed by atoms with van der Waals surface area (Å²) in [7, 11) is 0. The van der Waals surface area contributed by atoms with E-state index in [9.17, 15) is 34.2 Å². The Kier molecular flexibility index (Phi) is 9.33. The molecule has 2 fully saturated rings. The van der Waals surface area contributed by atoms with Gasteiger partial charge in [-0.1, -0.05) is 38.8 Å². The summed E-state index contributed by atoms with van der Waals surface area (Å²) >= 11 is 0. The van der Waals surface area contributed by atoms with Gasteiger partial charge >= 0.3 is 29.8 Å². The maximum Gasteiger partial charge on any atom is 0.342 e. The van der Waals surface area contributed by atoms with Gasteiger partial charge < -0.3 is 38.6 Å². The number of carbonyl (C=O) groups is 5. The number of aliphatic hydroxyl groups is 2. The second-order valence-corrected chi connectivity index (χ2v) is 13.0. The second-order valence-electron chi connectivity index (χ2n) is 13.0. The molecule has 0 amide bonds. The van der Waals surface area contributed by atoms with Gasteiger partial charge in [-0.15, -0.1) is 0 Å². The number of ether oxygens (including phenoxy) is 6. The summed E-state index contributed by atoms with van der Waals surface area (Å²) in [6.45, 7) is 11.3. The van der Waals surface area contributed by atoms with E-state index in [4.69, 9.17) is 28.4 Å². The first-order valence-corrected chi connectivity index (χ1v) is 15.3. The zero-order valence-corrected chi connectivity index (χ0v) is 27.0. The number of esters is 5. The van der Waals surface area contributed by atoms with E-state index in [1.54, 1.807) is 13.8 Å². The normalized spacial score (nSPS) is 42.8. The number of fused-ring (bicyclic) bond motifs is 1. The Hall–Kier alpha value is -3.29. The van der Waals surface area contributed by atoms with Crippen molar-refractivity contribution in [3.63, 3.8) is 0 Å². The van der Waals surface area contributed by atoms with E-state index in [1.807, 2.05) is 6.92 Å². The Morgan fingerprint density at radius 2 is 1.53 bits per heavy atom. The Labute approximate surface area is 262 Å². The van der Waals surface area contributed by atoms with E-state index in [0.717, 1.165) is 33.6 Å². The number of hydrogen-bond donors (Lipinski definition) is 2. The third kappa shape index (κ3) is 5.78. The Morgan fingerprint density at radius 3 is 2.09 bits per heavy atom. The van der Waals surface area contributed by atoms with Crippen molar-refractivity contribution in [2.45, 2.75) is 135 Å². The van der Waals surface area contributed by atoms with Gasteiger partial charge in [-0.25, -0.2) is 4.79 Å². The summed E-state index contributed by atoms with van der Waals surface area (Å²) in [6, 6.07) is 0. The van der Waals surface area contributed by atoms with Crippen LogP contribution in [-0.4, -0.2) is 93.5 Å². The molecule has 0 unspecified atom stereocenters. The first kappa shape index (κ1) is 34.6. The quantitative estimate of drug-likeness (QED) is 0.130. The number of aliphatic hydroxyl groups excluding tert-OH is 1. The summed E-state index contributed by atoms with van der Waals surface area (Å²) < 4.78 is 35.5. The minimum Gasteiger partial charge on any atom is -0.459 e. The maximum atomic E-state index is 13.3. The molecule has 0 saturated carbocycles. The summed E-state index contributed by atoms with van der Waals surface area (Å²) in [6.07, 6.45) is -2.13. The minimum atomic E-state index is -2.12. The highest BCUT2D eigenvalue weighted by Gasteiger charge is 2.88. The Morgan fingerprint density at radius 1 is 0.933 bits per heavy atom. The molecule has 2 N–H and O–H groups in total. The minimum absolute atomic E-state index is 0.0569. The van der Waals surface area contributed by atoms with Crippen LogP contribution in [0.1, 0.15) is 81.1 Å². The fraction of sp³-hybridized carbons (Fsp3) is 0.719. The number of hydrogen-bond acceptors (Lipinski definition) is 13. The molecule has 2 saturated heterocycles. The highest BCUT2D eigenvalue weighted by Crippen LogP contribution is 2.65. The smallest absolute Gasteiger partial charge is 0.342 e. The van der Waals surface area contributed by atoms with Gasteiger partial charge in [-0.05, 0) is 38.8 Å². The predicted octanol–water partition coefficient (Wildman–Crippen LogP) is 1.99. The van der Waals surface area contributed by atoms with Crippen molar-refractivity contribution < 1.29 is 62.6 Å². The summed E-state index contributed by atoms with van der Waals surface area (Å²) in [5.41, 5.74) is -6.81. The highest BCUT2D eigenvalue weighted by molar-refractivity contribution is 5.89. The van der Waals surface area contributed by atoms with Crippen molar-refractivity contribution in [2.24, 2.45) is 11.3 Å². The molecule has 2 heterocycles. The molecule has 1 spiro atoms. The lowest BCUT2D eigenvalue weighted by molar-refractivity contribution is -0.230. The SMILES string of the molecule is CCCCCC(=O)O[C@H]1/C(C)=C\[C@@H]2OC(=O)[C@]3(C)O[C@]23[C@H](OC(C)=O)[C@H]2[C@](C)(O)[C@H](O)C=C[C@]2(C)[C@@H](OC(C)=O)[C@@H]1OC(C)=O. The molecule has 2 aliphatic heterocycles. The number of rotatable bonds is 8. The Bertz CT molecular complexity index is 1300. The molecule has 0 radical (unpaired) electrons. The first-order valence-electron chi connectivity index (χ1n) is 15.3. The fourth-order valence-corrected chi connectivity index (χ4v) is 7.38. The van der Waals surface area contributed by atoms with Crippen LogP contribution in [0.15, 0.2) is 23.8 Å². The molecule has 4 rings (SSSR count). The van der Waals surface area contributed by atoms with E-state index >= 15 is 0 Å². The van der Waals surface area contributed by atoms with Crippen molar-refractivity contribution in [3.05, 3.63) is 23.8 Å². The van der Waals surface area contributed by atoms with Crippen molar-refractivity contribution in [1.29, 1.82) is 0 Å². The Balaban J connectivity index is 2.05. The van der Waals surface area contributed by atoms with Crippen LogP contribution in [0.5, 0.6) is 0 Å². The first-order chi connectivity index (χ1) is 20.9. The molecule has 13 nitrogen and oxygen atoms in total. The van der Waals surface area contributed by atoms with Gasteiger partial charge in [0, 0.05) is 38.5 Å². The van der Waals surface area contributed by atoms with Gasteiger partial charge in [-0.2, -0.15) is 0 Å². The largest absolute Gasteiger partial charge is 0.459 e. The van der Waals surface area contributed by atoms with Crippen molar-refractivity contribution in [2.75, 3.05) is 0 Å². The maximum absolute atomic E-state index is 13.3. The molecule has 4 aliphatic rings. The summed E-state index contributed by atoms with van der Waals surface area (Å²) in [5, 5.41) is 23.1. The van der Waals surface area contributed by atoms with Crippen molar-refractivity contribution in [3.8, 4) is 0 Å². The van der Waals surface area contributed by atoms with Gasteiger partial charge in [0.15, 0.2) is 35.6 Å². The molecule has 45 heavy (non-hydrogen) atoms. The van der Waals surface area contributed by atoms with Crippen LogP contribution in [0.25, 0.3) is 0 Å². The standard InChI is InChI=1S/C32H44O13/c1-9-10-11-12-22(37)44-23-16(2)15-21-32(31(8,45-32)28(38)43-21)27(42-19(5)35)25-29(6,14-13-20(36)30(25,7)39)26(41-18(4)34)24(23)40-17(3)33/h13-15,20-21,23-27,36,39H,9-12H2,1-8H3/b16-15-/t20-,21+,23+,24-,25-,26+,27-,29+,30-,31+,32+/m1/s1. The third-order valence-electron chi connectivity index (χ3n) is 9.59. The molecular formula is C32H44O13. The van der Waals surface area contributed by atoms with E-state index < -0.39 is 94.6 Å². The van der Waals surface area contributed by atoms with Crippen LogP contribution in [0.2, 0.25) is 0 Å². The molecule has 13 heteroatoms. The zero-order valence-electron chi connectivity index (χ0n) is 27.0. The van der Waals surface area contributed by atoms with Crippen molar-refractivity contribution >= 4 is 29.8 Å².